The van der Waals surface area contributed by atoms with E-state index in [4.69, 9.17) is 27.9 Å². The Balaban J connectivity index is 1.52. The van der Waals surface area contributed by atoms with Crippen LogP contribution in [0.1, 0.15) is 16.7 Å². The first kappa shape index (κ1) is 22.3. The quantitative estimate of drug-likeness (QED) is 0.312. The van der Waals surface area contributed by atoms with Crippen molar-refractivity contribution in [3.8, 4) is 5.75 Å². The Morgan fingerprint density at radius 2 is 1.74 bits per heavy atom. The lowest BCUT2D eigenvalue weighted by Gasteiger charge is -2.08. The zero-order chi connectivity index (χ0) is 22.2. The summed E-state index contributed by atoms with van der Waals surface area (Å²) >= 11 is 11.9. The first-order valence-electron chi connectivity index (χ1n) is 9.28. The number of hydrazone groups is 1. The van der Waals surface area contributed by atoms with E-state index in [1.165, 1.54) is 6.21 Å². The van der Waals surface area contributed by atoms with Crippen LogP contribution in [0.3, 0.4) is 0 Å². The van der Waals surface area contributed by atoms with Gasteiger partial charge in [0.2, 0.25) is 0 Å². The molecule has 2 amide bonds. The van der Waals surface area contributed by atoms with E-state index in [0.29, 0.717) is 33.7 Å². The number of carbonyl (C=O) groups excluding carboxylic acids is 2. The molecule has 158 valence electrons. The van der Waals surface area contributed by atoms with E-state index in [1.54, 1.807) is 48.5 Å². The lowest BCUT2D eigenvalue weighted by molar-refractivity contribution is -0.136. The van der Waals surface area contributed by atoms with Crippen molar-refractivity contribution in [2.45, 2.75) is 13.5 Å². The average Bonchev–Trinajstić information content (AvgIpc) is 2.76. The number of aryl methyl sites for hydroxylation is 1. The molecule has 0 unspecified atom stereocenters. The number of amides is 2. The molecule has 0 saturated carbocycles. The first-order valence-corrected chi connectivity index (χ1v) is 10.0. The van der Waals surface area contributed by atoms with E-state index in [9.17, 15) is 9.59 Å². The van der Waals surface area contributed by atoms with Crippen LogP contribution in [-0.2, 0) is 16.2 Å². The average molecular weight is 456 g/mol. The second-order valence-corrected chi connectivity index (χ2v) is 7.44. The summed E-state index contributed by atoms with van der Waals surface area (Å²) in [6, 6.07) is 19.5. The summed E-state index contributed by atoms with van der Waals surface area (Å²) in [5.74, 6) is -1.07. The Kier molecular flexibility index (Phi) is 7.65. The zero-order valence-electron chi connectivity index (χ0n) is 16.6. The third kappa shape index (κ3) is 6.84. The highest BCUT2D eigenvalue weighted by Gasteiger charge is 2.12. The number of hydrogen-bond acceptors (Lipinski definition) is 4. The molecule has 31 heavy (non-hydrogen) atoms. The summed E-state index contributed by atoms with van der Waals surface area (Å²) in [4.78, 5) is 23.8. The van der Waals surface area contributed by atoms with Gasteiger partial charge in [0, 0.05) is 5.69 Å². The third-order valence-electron chi connectivity index (χ3n) is 4.14. The Morgan fingerprint density at radius 3 is 2.48 bits per heavy atom. The van der Waals surface area contributed by atoms with Crippen molar-refractivity contribution >= 4 is 46.9 Å². The molecule has 0 bridgehead atoms. The minimum atomic E-state index is -0.871. The molecule has 2 N–H and O–H groups in total. The van der Waals surface area contributed by atoms with E-state index in [2.05, 4.69) is 15.8 Å². The van der Waals surface area contributed by atoms with Crippen molar-refractivity contribution in [3.63, 3.8) is 0 Å². The molecule has 3 rings (SSSR count). The number of hydrogen-bond donors (Lipinski definition) is 2. The lowest BCUT2D eigenvalue weighted by Crippen LogP contribution is -2.32. The number of carbonyl (C=O) groups is 2. The number of anilines is 1. The van der Waals surface area contributed by atoms with Gasteiger partial charge in [-0.15, -0.1) is 0 Å². The van der Waals surface area contributed by atoms with E-state index < -0.39 is 11.8 Å². The van der Waals surface area contributed by atoms with E-state index in [0.717, 1.165) is 11.1 Å². The normalized spacial score (nSPS) is 10.7. The van der Waals surface area contributed by atoms with E-state index in [-0.39, 0.29) is 0 Å². The SMILES string of the molecule is Cc1ccc(NC(=O)C(=O)N/N=C\c2cccc(OCc3ccc(Cl)c(Cl)c3)c2)cc1. The largest absolute Gasteiger partial charge is 0.489 e. The molecule has 0 saturated heterocycles. The number of ether oxygens (including phenoxy) is 1. The lowest BCUT2D eigenvalue weighted by atomic mass is 10.2. The second-order valence-electron chi connectivity index (χ2n) is 6.63. The number of nitrogens with zero attached hydrogens (tertiary/aromatic N) is 1. The first-order chi connectivity index (χ1) is 14.9. The molecule has 0 aliphatic rings. The van der Waals surface area contributed by atoms with Gasteiger partial charge in [-0.2, -0.15) is 5.10 Å². The van der Waals surface area contributed by atoms with E-state index >= 15 is 0 Å². The minimum Gasteiger partial charge on any atom is -0.489 e. The molecule has 0 spiro atoms. The molecule has 0 radical (unpaired) electrons. The highest BCUT2D eigenvalue weighted by atomic mass is 35.5. The van der Waals surface area contributed by atoms with Gasteiger partial charge in [0.15, 0.2) is 0 Å². The molecule has 0 heterocycles. The monoisotopic (exact) mass is 455 g/mol. The predicted octanol–water partition coefficient (Wildman–Crippen LogP) is 4.97. The third-order valence-corrected chi connectivity index (χ3v) is 4.88. The van der Waals surface area contributed by atoms with Gasteiger partial charge in [0.1, 0.15) is 12.4 Å². The van der Waals surface area contributed by atoms with Crippen LogP contribution in [0.2, 0.25) is 10.0 Å². The number of benzene rings is 3. The van der Waals surface area contributed by atoms with Crippen molar-refractivity contribution in [2.75, 3.05) is 5.32 Å². The van der Waals surface area contributed by atoms with Crippen molar-refractivity contribution < 1.29 is 14.3 Å². The van der Waals surface area contributed by atoms with Gasteiger partial charge < -0.3 is 10.1 Å². The molecule has 0 aliphatic carbocycles. The number of nitrogens with one attached hydrogen (secondary N) is 2. The van der Waals surface area contributed by atoms with Gasteiger partial charge in [-0.1, -0.05) is 59.1 Å². The van der Waals surface area contributed by atoms with Gasteiger partial charge in [-0.25, -0.2) is 5.43 Å². The van der Waals surface area contributed by atoms with Gasteiger partial charge in [0.05, 0.1) is 16.3 Å². The summed E-state index contributed by atoms with van der Waals surface area (Å²) in [6.07, 6.45) is 1.42. The summed E-state index contributed by atoms with van der Waals surface area (Å²) in [5.41, 5.74) is 5.34. The Morgan fingerprint density at radius 1 is 0.968 bits per heavy atom. The molecule has 0 aliphatic heterocycles. The number of halogens is 2. The summed E-state index contributed by atoms with van der Waals surface area (Å²) in [6.45, 7) is 2.24. The fourth-order valence-electron chi connectivity index (χ4n) is 2.52. The molecule has 0 aromatic heterocycles. The summed E-state index contributed by atoms with van der Waals surface area (Å²) in [7, 11) is 0. The van der Waals surface area contributed by atoms with Crippen LogP contribution in [0.4, 0.5) is 5.69 Å². The molecular formula is C23H19Cl2N3O3. The van der Waals surface area contributed by atoms with Crippen molar-refractivity contribution in [2.24, 2.45) is 5.10 Å². The zero-order valence-corrected chi connectivity index (χ0v) is 18.1. The van der Waals surface area contributed by atoms with Crippen LogP contribution >= 0.6 is 23.2 Å². The van der Waals surface area contributed by atoms with Crippen LogP contribution in [0.15, 0.2) is 71.8 Å². The van der Waals surface area contributed by atoms with Crippen LogP contribution in [-0.4, -0.2) is 18.0 Å². The van der Waals surface area contributed by atoms with Crippen LogP contribution in [0.5, 0.6) is 5.75 Å². The molecule has 0 fully saturated rings. The maximum atomic E-state index is 11.9. The minimum absolute atomic E-state index is 0.313. The topological polar surface area (TPSA) is 79.8 Å². The highest BCUT2D eigenvalue weighted by Crippen LogP contribution is 2.23. The Hall–Kier alpha value is -3.35. The van der Waals surface area contributed by atoms with Crippen LogP contribution < -0.4 is 15.5 Å². The molecular weight excluding hydrogens is 437 g/mol. The molecule has 8 heteroatoms. The molecule has 0 atom stereocenters. The van der Waals surface area contributed by atoms with E-state index in [1.807, 2.05) is 25.1 Å². The van der Waals surface area contributed by atoms with Gasteiger partial charge in [0.25, 0.3) is 0 Å². The fraction of sp³-hybridized carbons (Fsp3) is 0.0870. The maximum absolute atomic E-state index is 11.9. The maximum Gasteiger partial charge on any atom is 0.329 e. The van der Waals surface area contributed by atoms with Gasteiger partial charge in [-0.3, -0.25) is 9.59 Å². The molecule has 3 aromatic carbocycles. The van der Waals surface area contributed by atoms with Gasteiger partial charge in [-0.05, 0) is 54.4 Å². The molecule has 6 nitrogen and oxygen atoms in total. The van der Waals surface area contributed by atoms with Gasteiger partial charge >= 0.3 is 11.8 Å². The van der Waals surface area contributed by atoms with Crippen LogP contribution in [0.25, 0.3) is 0 Å². The number of rotatable bonds is 6. The molecule has 3 aromatic rings. The van der Waals surface area contributed by atoms with Crippen LogP contribution in [0, 0.1) is 6.92 Å². The Labute approximate surface area is 189 Å². The van der Waals surface area contributed by atoms with Crippen molar-refractivity contribution in [1.29, 1.82) is 0 Å². The highest BCUT2D eigenvalue weighted by molar-refractivity contribution is 6.42. The predicted molar refractivity (Wildman–Crippen MR) is 123 cm³/mol. The fourth-order valence-corrected chi connectivity index (χ4v) is 2.84. The summed E-state index contributed by atoms with van der Waals surface area (Å²) in [5, 5.41) is 7.28. The standard InChI is InChI=1S/C23H19Cl2N3O3/c1-15-5-8-18(9-6-15)27-22(29)23(30)28-26-13-16-3-2-4-19(11-16)31-14-17-7-10-20(24)21(25)12-17/h2-13H,14H2,1H3,(H,27,29)(H,28,30)/b26-13-. The van der Waals surface area contributed by atoms with Crippen molar-refractivity contribution in [3.05, 3.63) is 93.5 Å². The second kappa shape index (κ2) is 10.6. The Bertz CT molecular complexity index is 1120. The summed E-state index contributed by atoms with van der Waals surface area (Å²) < 4.78 is 5.75. The smallest absolute Gasteiger partial charge is 0.329 e. The van der Waals surface area contributed by atoms with Crippen molar-refractivity contribution in [1.82, 2.24) is 5.43 Å².